The van der Waals surface area contributed by atoms with Crippen LogP contribution < -0.4 is 14.9 Å². The molecule has 1 aromatic rings. The Balaban J connectivity index is 1.51. The summed E-state index contributed by atoms with van der Waals surface area (Å²) in [5, 5.41) is 4.30. The van der Waals surface area contributed by atoms with Crippen LogP contribution in [0.1, 0.15) is 64.9 Å². The van der Waals surface area contributed by atoms with Crippen molar-refractivity contribution in [1.29, 1.82) is 0 Å². The predicted octanol–water partition coefficient (Wildman–Crippen LogP) is 4.54. The summed E-state index contributed by atoms with van der Waals surface area (Å²) in [7, 11) is 1.62. The molecule has 28 heavy (non-hydrogen) atoms. The van der Waals surface area contributed by atoms with E-state index < -0.39 is 0 Å². The van der Waals surface area contributed by atoms with Gasteiger partial charge in [0.1, 0.15) is 0 Å². The van der Waals surface area contributed by atoms with E-state index in [1.165, 1.54) is 19.3 Å². The minimum absolute atomic E-state index is 0.0890. The number of para-hydroxylation sites is 1. The lowest BCUT2D eigenvalue weighted by atomic mass is 9.40. The monoisotopic (exact) mass is 384 g/mol. The van der Waals surface area contributed by atoms with Gasteiger partial charge in [-0.1, -0.05) is 19.9 Å². The Hall–Kier alpha value is -2.04. The molecular weight excluding hydrogens is 352 g/mol. The Labute approximate surface area is 167 Å². The maximum atomic E-state index is 13.2. The Morgan fingerprint density at radius 3 is 2.54 bits per heavy atom. The van der Waals surface area contributed by atoms with Gasteiger partial charge in [-0.2, -0.15) is 5.10 Å². The molecule has 152 valence electrons. The summed E-state index contributed by atoms with van der Waals surface area (Å²) in [5.74, 6) is 2.09. The molecule has 1 N–H and O–H groups in total. The maximum Gasteiger partial charge on any atom is 0.246 e. The Morgan fingerprint density at radius 2 is 1.93 bits per heavy atom. The van der Waals surface area contributed by atoms with Crippen LogP contribution in [0.3, 0.4) is 0 Å². The molecule has 0 aromatic heterocycles. The van der Waals surface area contributed by atoms with E-state index in [0.29, 0.717) is 34.9 Å². The average molecular weight is 385 g/mol. The van der Waals surface area contributed by atoms with Gasteiger partial charge in [-0.15, -0.1) is 0 Å². The number of methoxy groups -OCH3 is 1. The second kappa shape index (κ2) is 6.78. The first-order valence-electron chi connectivity index (χ1n) is 10.4. The van der Waals surface area contributed by atoms with Gasteiger partial charge in [-0.25, -0.2) is 5.43 Å². The molecule has 5 heteroatoms. The van der Waals surface area contributed by atoms with Crippen LogP contribution in [-0.2, 0) is 4.79 Å². The highest BCUT2D eigenvalue weighted by atomic mass is 16.5. The van der Waals surface area contributed by atoms with E-state index >= 15 is 0 Å². The smallest absolute Gasteiger partial charge is 0.246 e. The van der Waals surface area contributed by atoms with Gasteiger partial charge in [-0.05, 0) is 74.3 Å². The highest BCUT2D eigenvalue weighted by Crippen LogP contribution is 2.69. The van der Waals surface area contributed by atoms with Crippen molar-refractivity contribution >= 4 is 12.1 Å². The highest BCUT2D eigenvalue weighted by molar-refractivity contribution is 5.88. The molecule has 0 saturated heterocycles. The van der Waals surface area contributed by atoms with Crippen molar-refractivity contribution in [3.8, 4) is 11.5 Å². The third-order valence-corrected chi connectivity index (χ3v) is 7.00. The zero-order chi connectivity index (χ0) is 20.0. The highest BCUT2D eigenvalue weighted by Gasteiger charge is 2.62. The van der Waals surface area contributed by atoms with Crippen LogP contribution in [-0.4, -0.2) is 25.8 Å². The molecule has 0 radical (unpaired) electrons. The van der Waals surface area contributed by atoms with Crippen molar-refractivity contribution in [3.05, 3.63) is 23.8 Å². The minimum Gasteiger partial charge on any atom is -0.493 e. The van der Waals surface area contributed by atoms with E-state index in [2.05, 4.69) is 24.4 Å². The van der Waals surface area contributed by atoms with Crippen LogP contribution in [0.15, 0.2) is 23.3 Å². The number of nitrogens with one attached hydrogen (secondary N) is 1. The van der Waals surface area contributed by atoms with Gasteiger partial charge in [0.2, 0.25) is 5.91 Å². The number of hydrazone groups is 1. The number of carbonyl (C=O) groups excluding carboxylic acids is 1. The van der Waals surface area contributed by atoms with Gasteiger partial charge in [0.15, 0.2) is 11.5 Å². The summed E-state index contributed by atoms with van der Waals surface area (Å²) in [6, 6.07) is 5.67. The number of amides is 1. The summed E-state index contributed by atoms with van der Waals surface area (Å²) >= 11 is 0. The quantitative estimate of drug-likeness (QED) is 0.579. The number of hydrogen-bond donors (Lipinski definition) is 1. The molecule has 1 amide bonds. The first-order valence-corrected chi connectivity index (χ1v) is 10.4. The summed E-state index contributed by atoms with van der Waals surface area (Å²) in [5.41, 5.74) is 4.03. The molecule has 0 heterocycles. The fourth-order valence-electron chi connectivity index (χ4n) is 7.07. The lowest BCUT2D eigenvalue weighted by molar-refractivity contribution is -0.170. The number of benzene rings is 1. The SMILES string of the molecule is CCOc1c(/C=N/NC(=O)C23CC4CC(C)(CC(C)(C4)C2)C3)cccc1OC. The molecule has 1 aromatic carbocycles. The molecule has 4 aliphatic carbocycles. The molecule has 5 rings (SSSR count). The number of hydrogen-bond acceptors (Lipinski definition) is 4. The fraction of sp³-hybridized carbons (Fsp3) is 0.652. The predicted molar refractivity (Wildman–Crippen MR) is 110 cm³/mol. The van der Waals surface area contributed by atoms with Gasteiger partial charge in [0, 0.05) is 5.56 Å². The van der Waals surface area contributed by atoms with Gasteiger partial charge in [0.05, 0.1) is 25.3 Å². The number of ether oxygens (including phenoxy) is 2. The minimum atomic E-state index is -0.253. The molecule has 2 atom stereocenters. The zero-order valence-corrected chi connectivity index (χ0v) is 17.5. The molecule has 0 spiro atoms. The number of nitrogens with zero attached hydrogens (tertiary/aromatic N) is 1. The van der Waals surface area contributed by atoms with E-state index in [4.69, 9.17) is 9.47 Å². The van der Waals surface area contributed by atoms with Crippen molar-refractivity contribution in [2.45, 2.75) is 59.3 Å². The normalized spacial score (nSPS) is 35.9. The topological polar surface area (TPSA) is 59.9 Å². The molecule has 4 aliphatic rings. The Kier molecular flexibility index (Phi) is 4.67. The van der Waals surface area contributed by atoms with Crippen molar-refractivity contribution < 1.29 is 14.3 Å². The van der Waals surface area contributed by atoms with Crippen LogP contribution in [0.25, 0.3) is 0 Å². The lowest BCUT2D eigenvalue weighted by Gasteiger charge is -2.64. The lowest BCUT2D eigenvalue weighted by Crippen LogP contribution is -2.59. The second-order valence-corrected chi connectivity index (χ2v) is 9.92. The largest absolute Gasteiger partial charge is 0.493 e. The van der Waals surface area contributed by atoms with E-state index in [9.17, 15) is 4.79 Å². The second-order valence-electron chi connectivity index (χ2n) is 9.92. The summed E-state index contributed by atoms with van der Waals surface area (Å²) in [4.78, 5) is 13.2. The standard InChI is InChI=1S/C23H32N2O3/c1-5-28-19-17(7-6-8-18(19)27-4)12-24-25-20(26)23-11-16-9-21(2,14-23)13-22(3,10-16)15-23/h6-8,12,16H,5,9-11,13-15H2,1-4H3,(H,25,26)/b24-12+. The van der Waals surface area contributed by atoms with Crippen molar-refractivity contribution in [2.75, 3.05) is 13.7 Å². The first kappa shape index (κ1) is 19.3. The first-order chi connectivity index (χ1) is 13.3. The van der Waals surface area contributed by atoms with E-state index in [1.807, 2.05) is 25.1 Å². The third-order valence-electron chi connectivity index (χ3n) is 7.00. The molecule has 2 unspecified atom stereocenters. The Bertz CT molecular complexity index is 785. The van der Waals surface area contributed by atoms with Gasteiger partial charge >= 0.3 is 0 Å². The van der Waals surface area contributed by atoms with E-state index in [1.54, 1.807) is 13.3 Å². The van der Waals surface area contributed by atoms with Crippen LogP contribution in [0.5, 0.6) is 11.5 Å². The number of rotatable bonds is 6. The molecular formula is C23H32N2O3. The Morgan fingerprint density at radius 1 is 1.21 bits per heavy atom. The summed E-state index contributed by atoms with van der Waals surface area (Å²) < 4.78 is 11.1. The molecule has 4 fully saturated rings. The summed E-state index contributed by atoms with van der Waals surface area (Å²) in [6.45, 7) is 7.23. The average Bonchev–Trinajstić information content (AvgIpc) is 2.60. The van der Waals surface area contributed by atoms with Gasteiger partial charge in [0.25, 0.3) is 0 Å². The number of carbonyl (C=O) groups is 1. The fourth-order valence-corrected chi connectivity index (χ4v) is 7.07. The van der Waals surface area contributed by atoms with Crippen LogP contribution in [0.2, 0.25) is 0 Å². The molecule has 0 aliphatic heterocycles. The van der Waals surface area contributed by atoms with Crippen LogP contribution in [0.4, 0.5) is 0 Å². The van der Waals surface area contributed by atoms with Gasteiger partial charge in [-0.3, -0.25) is 4.79 Å². The zero-order valence-electron chi connectivity index (χ0n) is 17.5. The molecule has 4 bridgehead atoms. The van der Waals surface area contributed by atoms with Crippen LogP contribution >= 0.6 is 0 Å². The van der Waals surface area contributed by atoms with Gasteiger partial charge < -0.3 is 9.47 Å². The maximum absolute atomic E-state index is 13.2. The van der Waals surface area contributed by atoms with Crippen molar-refractivity contribution in [1.82, 2.24) is 5.43 Å². The van der Waals surface area contributed by atoms with E-state index in [0.717, 1.165) is 24.8 Å². The molecule has 5 nitrogen and oxygen atoms in total. The van der Waals surface area contributed by atoms with E-state index in [-0.39, 0.29) is 11.3 Å². The van der Waals surface area contributed by atoms with Crippen molar-refractivity contribution in [3.63, 3.8) is 0 Å². The molecule has 4 saturated carbocycles. The van der Waals surface area contributed by atoms with Crippen LogP contribution in [0, 0.1) is 22.2 Å². The third kappa shape index (κ3) is 3.29. The summed E-state index contributed by atoms with van der Waals surface area (Å²) in [6.07, 6.45) is 8.49. The van der Waals surface area contributed by atoms with Crippen molar-refractivity contribution in [2.24, 2.45) is 27.3 Å².